The highest BCUT2D eigenvalue weighted by Crippen LogP contribution is 2.11. The van der Waals surface area contributed by atoms with E-state index < -0.39 is 0 Å². The first kappa shape index (κ1) is 15.4. The fraction of sp³-hybridized carbons (Fsp3) is 0.133. The summed E-state index contributed by atoms with van der Waals surface area (Å²) in [5.41, 5.74) is 0.656. The van der Waals surface area contributed by atoms with Gasteiger partial charge >= 0.3 is 0 Å². The number of hydrogen-bond donors (Lipinski definition) is 1. The van der Waals surface area contributed by atoms with Crippen LogP contribution < -0.4 is 4.74 Å². The van der Waals surface area contributed by atoms with Gasteiger partial charge < -0.3 is 9.84 Å². The molecule has 100 valence electrons. The highest BCUT2D eigenvalue weighted by atomic mass is 16.5. The molecule has 0 aliphatic carbocycles. The second-order valence-electron chi connectivity index (χ2n) is 2.97. The summed E-state index contributed by atoms with van der Waals surface area (Å²) >= 11 is 0. The molecule has 0 amide bonds. The van der Waals surface area contributed by atoms with Crippen molar-refractivity contribution in [3.8, 4) is 29.6 Å². The van der Waals surface area contributed by atoms with Crippen LogP contribution in [-0.2, 0) is 0 Å². The Kier molecular flexibility index (Phi) is 8.16. The Morgan fingerprint density at radius 2 is 1.94 bits per heavy atom. The van der Waals surface area contributed by atoms with E-state index >= 15 is 0 Å². The summed E-state index contributed by atoms with van der Waals surface area (Å²) in [6.45, 7) is 6.14. The third-order valence-corrected chi connectivity index (χ3v) is 1.67. The maximum Gasteiger partial charge on any atom is 0.159 e. The van der Waals surface area contributed by atoms with Crippen LogP contribution >= 0.6 is 0 Å². The lowest BCUT2D eigenvalue weighted by Crippen LogP contribution is -1.91. The molecule has 1 rings (SSSR count). The highest BCUT2D eigenvalue weighted by molar-refractivity contribution is 5.94. The van der Waals surface area contributed by atoms with Gasteiger partial charge in [-0.25, -0.2) is 0 Å². The Morgan fingerprint density at radius 1 is 1.39 bits per heavy atom. The summed E-state index contributed by atoms with van der Waals surface area (Å²) in [5.74, 6) is 8.34. The van der Waals surface area contributed by atoms with Crippen LogP contribution in [0.1, 0.15) is 29.9 Å². The maximum absolute atomic E-state index is 11.0. The zero-order valence-electron chi connectivity index (χ0n) is 10.4. The van der Waals surface area contributed by atoms with E-state index in [1.165, 1.54) is 6.92 Å². The van der Waals surface area contributed by atoms with Crippen LogP contribution in [0.3, 0.4) is 0 Å². The molecular formula is C15H22O3. The van der Waals surface area contributed by atoms with E-state index in [1.807, 2.05) is 0 Å². The van der Waals surface area contributed by atoms with E-state index in [9.17, 15) is 4.79 Å². The summed E-state index contributed by atoms with van der Waals surface area (Å²) in [7, 11) is 0. The van der Waals surface area contributed by atoms with Crippen molar-refractivity contribution >= 4 is 5.78 Å². The minimum absolute atomic E-state index is 0. The van der Waals surface area contributed by atoms with Gasteiger partial charge in [0.25, 0.3) is 0 Å². The van der Waals surface area contributed by atoms with Gasteiger partial charge in [0.05, 0.1) is 6.26 Å². The third kappa shape index (κ3) is 6.76. The molecule has 1 aromatic rings. The highest BCUT2D eigenvalue weighted by Gasteiger charge is 1.98. The number of rotatable bonds is 2. The summed E-state index contributed by atoms with van der Waals surface area (Å²) in [6.07, 6.45) is 3.19. The van der Waals surface area contributed by atoms with E-state index in [0.717, 1.165) is 6.26 Å². The van der Waals surface area contributed by atoms with Gasteiger partial charge in [-0.05, 0) is 44.0 Å². The molecule has 3 nitrogen and oxygen atoms in total. The fourth-order valence-corrected chi connectivity index (χ4v) is 0.930. The van der Waals surface area contributed by atoms with Gasteiger partial charge in [0.15, 0.2) is 5.78 Å². The van der Waals surface area contributed by atoms with Gasteiger partial charge in [-0.2, -0.15) is 0 Å². The van der Waals surface area contributed by atoms with Crippen LogP contribution in [0.25, 0.3) is 0 Å². The van der Waals surface area contributed by atoms with Crippen molar-refractivity contribution in [3.63, 3.8) is 0 Å². The molecule has 0 atom stereocenters. The van der Waals surface area contributed by atoms with Crippen molar-refractivity contribution in [2.24, 2.45) is 0 Å². The van der Waals surface area contributed by atoms with Crippen LogP contribution in [0.2, 0.25) is 0 Å². The van der Waals surface area contributed by atoms with Gasteiger partial charge in [-0.3, -0.25) is 4.79 Å². The van der Waals surface area contributed by atoms with E-state index in [2.05, 4.69) is 30.4 Å². The molecule has 0 unspecified atom stereocenters. The van der Waals surface area contributed by atoms with Crippen molar-refractivity contribution in [2.75, 3.05) is 0 Å². The number of Topliss-reactive ketones (excluding diaryl/α,β-unsaturated/α-hetero) is 1. The molecule has 1 aromatic carbocycles. The van der Waals surface area contributed by atoms with Crippen LogP contribution in [0.5, 0.6) is 5.75 Å². The predicted octanol–water partition coefficient (Wildman–Crippen LogP) is 3.92. The minimum Gasteiger partial charge on any atom is -0.516 e. The van der Waals surface area contributed by atoms with E-state index in [1.54, 1.807) is 31.2 Å². The van der Waals surface area contributed by atoms with Gasteiger partial charge in [0.2, 0.25) is 0 Å². The van der Waals surface area contributed by atoms with Crippen LogP contribution in [0.15, 0.2) is 37.1 Å². The van der Waals surface area contributed by atoms with Crippen molar-refractivity contribution in [3.05, 3.63) is 42.7 Å². The molecule has 0 spiro atoms. The number of aliphatic hydroxyl groups is 1. The van der Waals surface area contributed by atoms with E-state index in [0.29, 0.717) is 11.3 Å². The number of carbonyl (C=O) groups is 1. The molecule has 0 aromatic heterocycles. The molecule has 3 heteroatoms. The molecule has 0 aliphatic heterocycles. The molecule has 0 fully saturated rings. The number of benzene rings is 1. The Bertz CT molecular complexity index is 520. The van der Waals surface area contributed by atoms with Crippen LogP contribution in [0.4, 0.5) is 0 Å². The zero-order chi connectivity index (χ0) is 13.8. The monoisotopic (exact) mass is 250 g/mol. The third-order valence-electron chi connectivity index (χ3n) is 1.67. The van der Waals surface area contributed by atoms with Gasteiger partial charge in [-0.1, -0.05) is 12.5 Å². The zero-order valence-corrected chi connectivity index (χ0v) is 10.4. The first-order valence-electron chi connectivity index (χ1n) is 5.10. The predicted molar refractivity (Wildman–Crippen MR) is 79.6 cm³/mol. The first-order chi connectivity index (χ1) is 8.65. The van der Waals surface area contributed by atoms with Crippen molar-refractivity contribution in [1.82, 2.24) is 0 Å². The number of ether oxygens (including phenoxy) is 1. The quantitative estimate of drug-likeness (QED) is 0.491. The maximum atomic E-state index is 11.0. The largest absolute Gasteiger partial charge is 0.516 e. The topological polar surface area (TPSA) is 46.5 Å². The minimum atomic E-state index is 0. The van der Waals surface area contributed by atoms with E-state index in [-0.39, 0.29) is 11.5 Å². The van der Waals surface area contributed by atoms with Crippen molar-refractivity contribution in [1.29, 1.82) is 0 Å². The Hall–Kier alpha value is -2.65. The molecule has 0 saturated heterocycles. The lowest BCUT2D eigenvalue weighted by Gasteiger charge is -1.97. The molecule has 18 heavy (non-hydrogen) atoms. The summed E-state index contributed by atoms with van der Waals surface area (Å²) in [4.78, 5) is 11.0. The normalized spacial score (nSPS) is 7.22. The van der Waals surface area contributed by atoms with Crippen molar-refractivity contribution in [2.45, 2.75) is 13.8 Å². The van der Waals surface area contributed by atoms with Gasteiger partial charge in [-0.15, -0.1) is 0 Å². The average molecular weight is 250 g/mol. The number of aliphatic hydroxyl groups excluding tert-OH is 1. The number of carbonyl (C=O) groups excluding carboxylic acids is 1. The molecule has 0 heterocycles. The molecule has 0 saturated carbocycles. The molecule has 0 bridgehead atoms. The second kappa shape index (κ2) is 9.57. The van der Waals surface area contributed by atoms with E-state index in [4.69, 9.17) is 9.84 Å². The molecule has 0 aliphatic rings. The van der Waals surface area contributed by atoms with Crippen LogP contribution in [-0.4, -0.2) is 10.9 Å². The Labute approximate surface area is 113 Å². The summed E-state index contributed by atoms with van der Waals surface area (Å²) < 4.78 is 5.07. The average Bonchev–Trinajstić information content (AvgIpc) is 2.36. The van der Waals surface area contributed by atoms with Crippen LogP contribution in [0, 0.1) is 23.9 Å². The van der Waals surface area contributed by atoms with Crippen molar-refractivity contribution < 1.29 is 20.3 Å². The smallest absolute Gasteiger partial charge is 0.159 e. The van der Waals surface area contributed by atoms with Gasteiger partial charge in [0.1, 0.15) is 11.9 Å². The number of ketones is 1. The SMILES string of the molecule is C=CO.CC#CC#COc1ccc(C(C)=O)cc1.[HH].[HH].[HH].[HH]. The molecular weight excluding hydrogens is 228 g/mol. The summed E-state index contributed by atoms with van der Waals surface area (Å²) in [5, 5.41) is 7.33. The molecule has 1 N–H and O–H groups in total. The Morgan fingerprint density at radius 3 is 2.39 bits per heavy atom. The first-order valence-corrected chi connectivity index (χ1v) is 5.10. The lowest BCUT2D eigenvalue weighted by molar-refractivity contribution is 0.101. The standard InChI is InChI=1S/C13H10O2.C2H4O.4H2/c1-3-4-5-10-15-13-8-6-12(7-9-13)11(2)14;1-2-3;;;;/h6-9H,1-2H3;2-3H,1H2;4*1H. The number of hydrogen-bond acceptors (Lipinski definition) is 3. The lowest BCUT2D eigenvalue weighted by atomic mass is 10.1. The Balaban J connectivity index is -0.000000127. The fourth-order valence-electron chi connectivity index (χ4n) is 0.930. The van der Waals surface area contributed by atoms with Gasteiger partial charge in [0, 0.05) is 17.2 Å². The second-order valence-corrected chi connectivity index (χ2v) is 2.97. The summed E-state index contributed by atoms with van der Waals surface area (Å²) in [6, 6.07) is 6.80. The molecule has 0 radical (unpaired) electrons.